The summed E-state index contributed by atoms with van der Waals surface area (Å²) >= 11 is 0. The first-order valence-electron chi connectivity index (χ1n) is 6.39. The van der Waals surface area contributed by atoms with Gasteiger partial charge < -0.3 is 9.88 Å². The van der Waals surface area contributed by atoms with Gasteiger partial charge in [0.25, 0.3) is 5.56 Å². The van der Waals surface area contributed by atoms with E-state index in [1.165, 1.54) is 0 Å². The molecule has 0 aliphatic carbocycles. The summed E-state index contributed by atoms with van der Waals surface area (Å²) in [5.41, 5.74) is 3.32. The van der Waals surface area contributed by atoms with Crippen LogP contribution >= 0.6 is 0 Å². The van der Waals surface area contributed by atoms with Crippen LogP contribution in [0.4, 0.5) is 0 Å². The van der Waals surface area contributed by atoms with Crippen molar-refractivity contribution in [3.63, 3.8) is 0 Å². The predicted molar refractivity (Wildman–Crippen MR) is 79.3 cm³/mol. The number of benzene rings is 1. The number of hydrogen-bond donors (Lipinski definition) is 1. The summed E-state index contributed by atoms with van der Waals surface area (Å²) in [6.07, 6.45) is 0. The van der Waals surface area contributed by atoms with Crippen LogP contribution in [0.2, 0.25) is 0 Å². The highest BCUT2D eigenvalue weighted by atomic mass is 16.1. The Morgan fingerprint density at radius 2 is 2.05 bits per heavy atom. The Bertz CT molecular complexity index is 723. The zero-order valence-electron chi connectivity index (χ0n) is 11.9. The van der Waals surface area contributed by atoms with Crippen molar-refractivity contribution in [1.29, 1.82) is 5.26 Å². The fourth-order valence-corrected chi connectivity index (χ4v) is 2.23. The lowest BCUT2D eigenvalue weighted by Gasteiger charge is -2.11. The van der Waals surface area contributed by atoms with E-state index in [9.17, 15) is 10.1 Å². The van der Waals surface area contributed by atoms with Crippen LogP contribution in [0.1, 0.15) is 16.8 Å². The first-order valence-corrected chi connectivity index (χ1v) is 6.39. The van der Waals surface area contributed by atoms with Gasteiger partial charge in [-0.25, -0.2) is 0 Å². The van der Waals surface area contributed by atoms with Crippen LogP contribution in [-0.4, -0.2) is 24.0 Å². The monoisotopic (exact) mass is 267 g/mol. The normalized spacial score (nSPS) is 10.6. The molecule has 0 saturated heterocycles. The molecule has 0 unspecified atom stereocenters. The minimum Gasteiger partial charge on any atom is -0.325 e. The third kappa shape index (κ3) is 2.95. The highest BCUT2D eigenvalue weighted by Crippen LogP contribution is 2.23. The molecule has 2 rings (SSSR count). The van der Waals surface area contributed by atoms with Gasteiger partial charge in [-0.3, -0.25) is 4.79 Å². The topological polar surface area (TPSA) is 59.9 Å². The van der Waals surface area contributed by atoms with E-state index >= 15 is 0 Å². The summed E-state index contributed by atoms with van der Waals surface area (Å²) in [6, 6.07) is 11.8. The molecule has 102 valence electrons. The molecule has 0 radical (unpaired) electrons. The second-order valence-electron chi connectivity index (χ2n) is 5.12. The number of aromatic nitrogens is 1. The van der Waals surface area contributed by atoms with Gasteiger partial charge in [0.05, 0.1) is 0 Å². The summed E-state index contributed by atoms with van der Waals surface area (Å²) in [4.78, 5) is 16.6. The summed E-state index contributed by atoms with van der Waals surface area (Å²) in [7, 11) is 4.01. The standard InChI is InChI=1S/C16H17N3O/c1-11-7-14(15(9-17)16(20)18-11)13-6-4-5-12(8-13)10-19(2)3/h4-8H,10H2,1-3H3,(H,18,20). The Kier molecular flexibility index (Phi) is 4.02. The number of aromatic amines is 1. The summed E-state index contributed by atoms with van der Waals surface area (Å²) < 4.78 is 0. The van der Waals surface area contributed by atoms with Gasteiger partial charge in [-0.2, -0.15) is 5.26 Å². The number of hydrogen-bond acceptors (Lipinski definition) is 3. The molecule has 0 amide bonds. The molecule has 2 aromatic rings. The third-order valence-corrected chi connectivity index (χ3v) is 3.02. The second-order valence-corrected chi connectivity index (χ2v) is 5.12. The van der Waals surface area contributed by atoms with E-state index in [1.807, 2.05) is 57.4 Å². The van der Waals surface area contributed by atoms with Crippen molar-refractivity contribution in [3.8, 4) is 17.2 Å². The largest absolute Gasteiger partial charge is 0.325 e. The molecule has 0 saturated carbocycles. The Hall–Kier alpha value is -2.38. The molecule has 4 heteroatoms. The molecular weight excluding hydrogens is 250 g/mol. The van der Waals surface area contributed by atoms with Gasteiger partial charge in [-0.1, -0.05) is 18.2 Å². The van der Waals surface area contributed by atoms with Gasteiger partial charge in [0.15, 0.2) is 0 Å². The van der Waals surface area contributed by atoms with E-state index in [1.54, 1.807) is 0 Å². The molecule has 1 aromatic carbocycles. The molecule has 1 N–H and O–H groups in total. The number of rotatable bonds is 3. The van der Waals surface area contributed by atoms with E-state index in [2.05, 4.69) is 9.88 Å². The van der Waals surface area contributed by atoms with E-state index in [0.29, 0.717) is 5.56 Å². The highest BCUT2D eigenvalue weighted by molar-refractivity contribution is 5.70. The number of nitrogens with one attached hydrogen (secondary N) is 1. The number of aryl methyl sites for hydroxylation is 1. The van der Waals surface area contributed by atoms with Crippen LogP contribution in [0.3, 0.4) is 0 Å². The average molecular weight is 267 g/mol. The number of nitrogens with zero attached hydrogens (tertiary/aromatic N) is 2. The van der Waals surface area contributed by atoms with Crippen LogP contribution < -0.4 is 5.56 Å². The van der Waals surface area contributed by atoms with Gasteiger partial charge in [0, 0.05) is 17.8 Å². The lowest BCUT2D eigenvalue weighted by atomic mass is 9.99. The molecule has 0 spiro atoms. The zero-order chi connectivity index (χ0) is 14.7. The molecular formula is C16H17N3O. The molecule has 0 atom stereocenters. The number of pyridine rings is 1. The van der Waals surface area contributed by atoms with E-state index in [-0.39, 0.29) is 11.1 Å². The maximum absolute atomic E-state index is 11.8. The van der Waals surface area contributed by atoms with Crippen molar-refractivity contribution in [3.05, 3.63) is 57.5 Å². The van der Waals surface area contributed by atoms with Gasteiger partial charge >= 0.3 is 0 Å². The second kappa shape index (κ2) is 5.72. The minimum absolute atomic E-state index is 0.164. The Balaban J connectivity index is 2.57. The van der Waals surface area contributed by atoms with Gasteiger partial charge in [0.1, 0.15) is 11.6 Å². The third-order valence-electron chi connectivity index (χ3n) is 3.02. The van der Waals surface area contributed by atoms with E-state index < -0.39 is 0 Å². The first-order chi connectivity index (χ1) is 9.51. The van der Waals surface area contributed by atoms with Crippen molar-refractivity contribution < 1.29 is 0 Å². The van der Waals surface area contributed by atoms with Gasteiger partial charge in [0.2, 0.25) is 0 Å². The fourth-order valence-electron chi connectivity index (χ4n) is 2.23. The maximum Gasteiger partial charge on any atom is 0.266 e. The lowest BCUT2D eigenvalue weighted by molar-refractivity contribution is 0.402. The predicted octanol–water partition coefficient (Wildman–Crippen LogP) is 2.28. The molecule has 20 heavy (non-hydrogen) atoms. The van der Waals surface area contributed by atoms with Crippen molar-refractivity contribution in [2.45, 2.75) is 13.5 Å². The van der Waals surface area contributed by atoms with Crippen molar-refractivity contribution in [1.82, 2.24) is 9.88 Å². The van der Waals surface area contributed by atoms with Crippen molar-refractivity contribution in [2.24, 2.45) is 0 Å². The maximum atomic E-state index is 11.8. The van der Waals surface area contributed by atoms with Crippen LogP contribution in [0.15, 0.2) is 35.1 Å². The molecule has 1 heterocycles. The van der Waals surface area contributed by atoms with Crippen LogP contribution in [0.5, 0.6) is 0 Å². The number of H-pyrrole nitrogens is 1. The van der Waals surface area contributed by atoms with E-state index in [0.717, 1.165) is 23.4 Å². The molecule has 0 fully saturated rings. The Labute approximate surface area is 118 Å². The molecule has 4 nitrogen and oxygen atoms in total. The van der Waals surface area contributed by atoms with Crippen LogP contribution in [0.25, 0.3) is 11.1 Å². The zero-order valence-corrected chi connectivity index (χ0v) is 11.9. The summed E-state index contributed by atoms with van der Waals surface area (Å²) in [5, 5.41) is 9.19. The fraction of sp³-hybridized carbons (Fsp3) is 0.250. The molecule has 0 aliphatic heterocycles. The van der Waals surface area contributed by atoms with Crippen molar-refractivity contribution in [2.75, 3.05) is 14.1 Å². The first kappa shape index (κ1) is 14.0. The smallest absolute Gasteiger partial charge is 0.266 e. The quantitative estimate of drug-likeness (QED) is 0.928. The molecule has 0 bridgehead atoms. The Morgan fingerprint density at radius 3 is 2.70 bits per heavy atom. The summed E-state index contributed by atoms with van der Waals surface area (Å²) in [6.45, 7) is 2.63. The molecule has 0 aliphatic rings. The van der Waals surface area contributed by atoms with Crippen LogP contribution in [0, 0.1) is 18.3 Å². The molecule has 1 aromatic heterocycles. The number of nitriles is 1. The van der Waals surface area contributed by atoms with Crippen molar-refractivity contribution >= 4 is 0 Å². The SMILES string of the molecule is Cc1cc(-c2cccc(CN(C)C)c2)c(C#N)c(=O)[nH]1. The Morgan fingerprint density at radius 1 is 1.30 bits per heavy atom. The van der Waals surface area contributed by atoms with Gasteiger partial charge in [-0.05, 0) is 44.3 Å². The highest BCUT2D eigenvalue weighted by Gasteiger charge is 2.10. The minimum atomic E-state index is -0.333. The van der Waals surface area contributed by atoms with E-state index in [4.69, 9.17) is 0 Å². The van der Waals surface area contributed by atoms with Crippen LogP contribution in [-0.2, 0) is 6.54 Å². The average Bonchev–Trinajstić information content (AvgIpc) is 2.37. The lowest BCUT2D eigenvalue weighted by Crippen LogP contribution is -2.13. The summed E-state index contributed by atoms with van der Waals surface area (Å²) in [5.74, 6) is 0. The van der Waals surface area contributed by atoms with Gasteiger partial charge in [-0.15, -0.1) is 0 Å².